The maximum Gasteiger partial charge on any atom is 0.337 e. The number of ketones is 1. The number of allylic oxidation sites excluding steroid dienone is 1. The van der Waals surface area contributed by atoms with Crippen molar-refractivity contribution in [1.82, 2.24) is 0 Å². The Labute approximate surface area is 120 Å². The molecular formula is C16H12O5. The molecule has 1 aliphatic rings. The smallest absolute Gasteiger partial charge is 0.337 e. The first kappa shape index (κ1) is 13.2. The summed E-state index contributed by atoms with van der Waals surface area (Å²) in [5.74, 6) is 1.09. The minimum absolute atomic E-state index is 0.168. The van der Waals surface area contributed by atoms with Crippen LogP contribution in [0.3, 0.4) is 0 Å². The van der Waals surface area contributed by atoms with Crippen molar-refractivity contribution in [3.8, 4) is 5.75 Å². The zero-order chi connectivity index (χ0) is 15.0. The topological polar surface area (TPSA) is 65.7 Å². The number of aryl methyl sites for hydroxylation is 1. The third-order valence-corrected chi connectivity index (χ3v) is 3.12. The van der Waals surface area contributed by atoms with Gasteiger partial charge in [0.2, 0.25) is 5.78 Å². The van der Waals surface area contributed by atoms with Crippen LogP contribution in [-0.4, -0.2) is 18.9 Å². The van der Waals surface area contributed by atoms with Gasteiger partial charge in [-0.3, -0.25) is 4.79 Å². The average Bonchev–Trinajstić information content (AvgIpc) is 3.03. The molecule has 1 aromatic heterocycles. The normalized spacial score (nSPS) is 15.0. The quantitative estimate of drug-likeness (QED) is 0.626. The lowest BCUT2D eigenvalue weighted by Gasteiger charge is -2.00. The Bertz CT molecular complexity index is 767. The van der Waals surface area contributed by atoms with E-state index < -0.39 is 5.97 Å². The minimum Gasteiger partial charge on any atom is -0.465 e. The van der Waals surface area contributed by atoms with Crippen molar-refractivity contribution in [2.24, 2.45) is 0 Å². The van der Waals surface area contributed by atoms with E-state index in [4.69, 9.17) is 9.15 Å². The van der Waals surface area contributed by atoms with E-state index in [9.17, 15) is 9.59 Å². The van der Waals surface area contributed by atoms with Crippen LogP contribution in [0, 0.1) is 6.92 Å². The predicted octanol–water partition coefficient (Wildman–Crippen LogP) is 2.99. The van der Waals surface area contributed by atoms with Crippen molar-refractivity contribution in [3.63, 3.8) is 0 Å². The Morgan fingerprint density at radius 3 is 2.71 bits per heavy atom. The van der Waals surface area contributed by atoms with E-state index in [0.717, 1.165) is 5.76 Å². The van der Waals surface area contributed by atoms with Gasteiger partial charge < -0.3 is 13.9 Å². The number of carbonyl (C=O) groups is 2. The first-order valence-corrected chi connectivity index (χ1v) is 6.31. The second-order valence-electron chi connectivity index (χ2n) is 4.59. The molecule has 1 aromatic carbocycles. The predicted molar refractivity (Wildman–Crippen MR) is 74.2 cm³/mol. The summed E-state index contributed by atoms with van der Waals surface area (Å²) in [4.78, 5) is 23.8. The van der Waals surface area contributed by atoms with E-state index >= 15 is 0 Å². The molecule has 1 aliphatic heterocycles. The van der Waals surface area contributed by atoms with Crippen LogP contribution in [0.5, 0.6) is 5.75 Å². The molecule has 0 radical (unpaired) electrons. The van der Waals surface area contributed by atoms with Crippen molar-refractivity contribution >= 4 is 17.8 Å². The summed E-state index contributed by atoms with van der Waals surface area (Å²) in [6.45, 7) is 1.82. The van der Waals surface area contributed by atoms with Crippen LogP contribution >= 0.6 is 0 Å². The highest BCUT2D eigenvalue weighted by Crippen LogP contribution is 2.32. The number of ether oxygens (including phenoxy) is 2. The molecule has 106 valence electrons. The number of esters is 1. The molecule has 2 heterocycles. The van der Waals surface area contributed by atoms with Crippen molar-refractivity contribution in [3.05, 3.63) is 58.7 Å². The molecule has 0 amide bonds. The molecule has 0 fully saturated rings. The summed E-state index contributed by atoms with van der Waals surface area (Å²) in [6, 6.07) is 8.15. The number of fused-ring (bicyclic) bond motifs is 1. The van der Waals surface area contributed by atoms with Crippen LogP contribution < -0.4 is 4.74 Å². The minimum atomic E-state index is -0.496. The number of methoxy groups -OCH3 is 1. The monoisotopic (exact) mass is 284 g/mol. The van der Waals surface area contributed by atoms with Crippen LogP contribution in [-0.2, 0) is 4.74 Å². The SMILES string of the molecule is COC(=O)c1ccc2c(c1)C(=O)/C(=C\c1ccc(C)o1)O2. The molecule has 5 heteroatoms. The molecule has 0 saturated heterocycles. The van der Waals surface area contributed by atoms with Crippen LogP contribution in [0.4, 0.5) is 0 Å². The molecule has 0 atom stereocenters. The zero-order valence-electron chi connectivity index (χ0n) is 11.5. The van der Waals surface area contributed by atoms with Gasteiger partial charge in [-0.25, -0.2) is 4.79 Å². The van der Waals surface area contributed by atoms with Gasteiger partial charge in [0.05, 0.1) is 18.2 Å². The molecule has 3 rings (SSSR count). The average molecular weight is 284 g/mol. The van der Waals surface area contributed by atoms with Crippen LogP contribution in [0.15, 0.2) is 40.5 Å². The number of rotatable bonds is 2. The van der Waals surface area contributed by atoms with Crippen LogP contribution in [0.2, 0.25) is 0 Å². The molecule has 5 nitrogen and oxygen atoms in total. The molecule has 0 unspecified atom stereocenters. The van der Waals surface area contributed by atoms with Gasteiger partial charge in [0.25, 0.3) is 0 Å². The Morgan fingerprint density at radius 1 is 1.24 bits per heavy atom. The summed E-state index contributed by atoms with van der Waals surface area (Å²) in [7, 11) is 1.29. The van der Waals surface area contributed by atoms with Gasteiger partial charge in [0.15, 0.2) is 5.76 Å². The highest BCUT2D eigenvalue weighted by molar-refractivity contribution is 6.15. The van der Waals surface area contributed by atoms with E-state index in [0.29, 0.717) is 22.6 Å². The maximum atomic E-state index is 12.3. The Morgan fingerprint density at radius 2 is 2.05 bits per heavy atom. The summed E-state index contributed by atoms with van der Waals surface area (Å²) in [5, 5.41) is 0. The third kappa shape index (κ3) is 2.33. The standard InChI is InChI=1S/C16H12O5/c1-9-3-5-11(20-9)8-14-15(17)12-7-10(16(18)19-2)4-6-13(12)21-14/h3-8H,1-2H3/b14-8+. The fourth-order valence-electron chi connectivity index (χ4n) is 2.09. The van der Waals surface area contributed by atoms with Crippen LogP contribution in [0.25, 0.3) is 6.08 Å². The van der Waals surface area contributed by atoms with Gasteiger partial charge >= 0.3 is 5.97 Å². The number of furan rings is 1. The number of benzene rings is 1. The zero-order valence-corrected chi connectivity index (χ0v) is 11.5. The van der Waals surface area contributed by atoms with E-state index in [1.165, 1.54) is 19.3 Å². The molecule has 0 spiro atoms. The van der Waals surface area contributed by atoms with E-state index in [2.05, 4.69) is 4.74 Å². The second kappa shape index (κ2) is 4.94. The van der Waals surface area contributed by atoms with Gasteiger partial charge in [-0.15, -0.1) is 0 Å². The lowest BCUT2D eigenvalue weighted by atomic mass is 10.1. The van der Waals surface area contributed by atoms with E-state index in [1.807, 2.05) is 6.92 Å². The first-order valence-electron chi connectivity index (χ1n) is 6.31. The summed E-state index contributed by atoms with van der Waals surface area (Å²) in [6.07, 6.45) is 1.53. The van der Waals surface area contributed by atoms with Gasteiger partial charge in [0.1, 0.15) is 17.3 Å². The number of carbonyl (C=O) groups excluding carboxylic acids is 2. The molecule has 2 aromatic rings. The lowest BCUT2D eigenvalue weighted by molar-refractivity contribution is 0.0600. The number of hydrogen-bond acceptors (Lipinski definition) is 5. The largest absolute Gasteiger partial charge is 0.465 e. The molecule has 0 bridgehead atoms. The lowest BCUT2D eigenvalue weighted by Crippen LogP contribution is -2.02. The number of Topliss-reactive ketones (excluding diaryl/α,β-unsaturated/α-hetero) is 1. The maximum absolute atomic E-state index is 12.3. The Hall–Kier alpha value is -2.82. The Kier molecular flexibility index (Phi) is 3.10. The molecule has 21 heavy (non-hydrogen) atoms. The Balaban J connectivity index is 1.95. The first-order chi connectivity index (χ1) is 10.1. The second-order valence-corrected chi connectivity index (χ2v) is 4.59. The van der Waals surface area contributed by atoms with Gasteiger partial charge in [-0.05, 0) is 37.3 Å². The summed E-state index contributed by atoms with van der Waals surface area (Å²) < 4.78 is 15.5. The molecule has 0 aliphatic carbocycles. The molecule has 0 N–H and O–H groups in total. The van der Waals surface area contributed by atoms with E-state index in [-0.39, 0.29) is 11.5 Å². The van der Waals surface area contributed by atoms with Gasteiger partial charge in [0, 0.05) is 6.08 Å². The number of hydrogen-bond donors (Lipinski definition) is 0. The van der Waals surface area contributed by atoms with E-state index in [1.54, 1.807) is 24.3 Å². The fraction of sp³-hybridized carbons (Fsp3) is 0.125. The highest BCUT2D eigenvalue weighted by Gasteiger charge is 2.28. The van der Waals surface area contributed by atoms with Gasteiger partial charge in [-0.2, -0.15) is 0 Å². The summed E-state index contributed by atoms with van der Waals surface area (Å²) in [5.41, 5.74) is 0.649. The van der Waals surface area contributed by atoms with Crippen molar-refractivity contribution < 1.29 is 23.5 Å². The third-order valence-electron chi connectivity index (χ3n) is 3.12. The van der Waals surface area contributed by atoms with Crippen molar-refractivity contribution in [1.29, 1.82) is 0 Å². The van der Waals surface area contributed by atoms with Gasteiger partial charge in [-0.1, -0.05) is 0 Å². The highest BCUT2D eigenvalue weighted by atomic mass is 16.5. The van der Waals surface area contributed by atoms with Crippen molar-refractivity contribution in [2.75, 3.05) is 7.11 Å². The summed E-state index contributed by atoms with van der Waals surface area (Å²) >= 11 is 0. The molecule has 0 saturated carbocycles. The van der Waals surface area contributed by atoms with Crippen molar-refractivity contribution in [2.45, 2.75) is 6.92 Å². The molecular weight excluding hydrogens is 272 g/mol. The fourth-order valence-corrected chi connectivity index (χ4v) is 2.09. The van der Waals surface area contributed by atoms with Crippen LogP contribution in [0.1, 0.15) is 32.2 Å².